The van der Waals surface area contributed by atoms with Crippen molar-refractivity contribution in [2.45, 2.75) is 25.3 Å². The van der Waals surface area contributed by atoms with Crippen molar-refractivity contribution in [3.63, 3.8) is 0 Å². The van der Waals surface area contributed by atoms with Crippen LogP contribution in [0.25, 0.3) is 0 Å². The molecular weight excluding hydrogens is 250 g/mol. The Balaban J connectivity index is 1.78. The Labute approximate surface area is 111 Å². The van der Waals surface area contributed by atoms with Crippen LogP contribution in [0.5, 0.6) is 0 Å². The first kappa shape index (κ1) is 13.5. The molecule has 1 aromatic heterocycles. The number of thiophene rings is 1. The average Bonchev–Trinajstić information content (AvgIpc) is 2.84. The van der Waals surface area contributed by atoms with E-state index in [1.165, 1.54) is 10.4 Å². The molecule has 0 radical (unpaired) electrons. The van der Waals surface area contributed by atoms with Crippen LogP contribution in [0.15, 0.2) is 11.4 Å². The third-order valence-electron chi connectivity index (χ3n) is 3.05. The highest BCUT2D eigenvalue weighted by Crippen LogP contribution is 2.33. The summed E-state index contributed by atoms with van der Waals surface area (Å²) in [5.74, 6) is -0.0462. The van der Waals surface area contributed by atoms with Crippen molar-refractivity contribution in [1.82, 2.24) is 5.32 Å². The van der Waals surface area contributed by atoms with Gasteiger partial charge < -0.3 is 14.8 Å². The molecule has 0 aliphatic heterocycles. The minimum absolute atomic E-state index is 0.0462. The molecule has 1 unspecified atom stereocenters. The number of amides is 1. The van der Waals surface area contributed by atoms with E-state index >= 15 is 0 Å². The Morgan fingerprint density at radius 3 is 3.28 bits per heavy atom. The SMILES string of the molecule is COCCOCC(=O)NC1CCCc2sccc21. The van der Waals surface area contributed by atoms with Gasteiger partial charge in [-0.1, -0.05) is 0 Å². The van der Waals surface area contributed by atoms with E-state index < -0.39 is 0 Å². The van der Waals surface area contributed by atoms with Gasteiger partial charge in [-0.25, -0.2) is 0 Å². The monoisotopic (exact) mass is 269 g/mol. The minimum atomic E-state index is -0.0462. The highest BCUT2D eigenvalue weighted by Gasteiger charge is 2.22. The van der Waals surface area contributed by atoms with Crippen molar-refractivity contribution < 1.29 is 14.3 Å². The molecule has 0 aromatic carbocycles. The molecule has 0 saturated heterocycles. The standard InChI is InChI=1S/C13H19NO3S/c1-16-6-7-17-9-13(15)14-11-3-2-4-12-10(11)5-8-18-12/h5,8,11H,2-4,6-7,9H2,1H3,(H,14,15). The molecule has 0 spiro atoms. The normalized spacial score (nSPS) is 18.4. The number of hydrogen-bond acceptors (Lipinski definition) is 4. The molecule has 18 heavy (non-hydrogen) atoms. The molecule has 100 valence electrons. The summed E-state index contributed by atoms with van der Waals surface area (Å²) < 4.78 is 10.1. The molecule has 1 aliphatic carbocycles. The van der Waals surface area contributed by atoms with Crippen LogP contribution in [0.2, 0.25) is 0 Å². The Hall–Kier alpha value is -0.910. The summed E-state index contributed by atoms with van der Waals surface area (Å²) in [5.41, 5.74) is 1.29. The van der Waals surface area contributed by atoms with Crippen LogP contribution in [0.1, 0.15) is 29.3 Å². The van der Waals surface area contributed by atoms with E-state index in [1.807, 2.05) is 0 Å². The predicted octanol–water partition coefficient (Wildman–Crippen LogP) is 1.90. The zero-order valence-electron chi connectivity index (χ0n) is 10.6. The van der Waals surface area contributed by atoms with E-state index in [0.717, 1.165) is 19.3 Å². The van der Waals surface area contributed by atoms with Gasteiger partial charge in [0.15, 0.2) is 0 Å². The molecule has 1 amide bonds. The summed E-state index contributed by atoms with van der Waals surface area (Å²) in [6.45, 7) is 1.09. The Bertz CT molecular complexity index is 391. The van der Waals surface area contributed by atoms with Crippen molar-refractivity contribution in [1.29, 1.82) is 0 Å². The second-order valence-corrected chi connectivity index (χ2v) is 5.36. The van der Waals surface area contributed by atoms with Gasteiger partial charge in [0.05, 0.1) is 19.3 Å². The maximum atomic E-state index is 11.7. The number of hydrogen-bond donors (Lipinski definition) is 1. The molecule has 0 fully saturated rings. The number of carbonyl (C=O) groups excluding carboxylic acids is 1. The van der Waals surface area contributed by atoms with Gasteiger partial charge in [0, 0.05) is 12.0 Å². The zero-order valence-corrected chi connectivity index (χ0v) is 11.4. The van der Waals surface area contributed by atoms with Crippen LogP contribution >= 0.6 is 11.3 Å². The number of methoxy groups -OCH3 is 1. The first-order valence-corrected chi connectivity index (χ1v) is 7.11. The number of carbonyl (C=O) groups is 1. The molecule has 0 bridgehead atoms. The zero-order chi connectivity index (χ0) is 12.8. The molecule has 4 nitrogen and oxygen atoms in total. The molecule has 2 rings (SSSR count). The van der Waals surface area contributed by atoms with Crippen LogP contribution in [0.4, 0.5) is 0 Å². The fraction of sp³-hybridized carbons (Fsp3) is 0.615. The summed E-state index contributed by atoms with van der Waals surface area (Å²) in [7, 11) is 1.61. The van der Waals surface area contributed by atoms with E-state index in [4.69, 9.17) is 9.47 Å². The number of rotatable bonds is 6. The van der Waals surface area contributed by atoms with E-state index in [0.29, 0.717) is 13.2 Å². The van der Waals surface area contributed by atoms with Crippen molar-refractivity contribution in [3.05, 3.63) is 21.9 Å². The first-order valence-electron chi connectivity index (χ1n) is 6.23. The average molecular weight is 269 g/mol. The van der Waals surface area contributed by atoms with Crippen LogP contribution in [0, 0.1) is 0 Å². The van der Waals surface area contributed by atoms with Gasteiger partial charge in [0.25, 0.3) is 0 Å². The number of aryl methyl sites for hydroxylation is 1. The highest BCUT2D eigenvalue weighted by molar-refractivity contribution is 7.10. The predicted molar refractivity (Wildman–Crippen MR) is 70.8 cm³/mol. The first-order chi connectivity index (χ1) is 8.81. The smallest absolute Gasteiger partial charge is 0.246 e. The highest BCUT2D eigenvalue weighted by atomic mass is 32.1. The van der Waals surface area contributed by atoms with E-state index in [9.17, 15) is 4.79 Å². The number of fused-ring (bicyclic) bond motifs is 1. The van der Waals surface area contributed by atoms with Crippen molar-refractivity contribution >= 4 is 17.2 Å². The molecule has 1 aliphatic rings. The summed E-state index contributed by atoms with van der Waals surface area (Å²) in [6, 6.07) is 2.29. The second-order valence-electron chi connectivity index (χ2n) is 4.36. The molecule has 1 atom stereocenters. The van der Waals surface area contributed by atoms with Crippen molar-refractivity contribution in [2.24, 2.45) is 0 Å². The largest absolute Gasteiger partial charge is 0.382 e. The minimum Gasteiger partial charge on any atom is -0.382 e. The maximum absolute atomic E-state index is 11.7. The van der Waals surface area contributed by atoms with Gasteiger partial charge in [0.2, 0.25) is 5.91 Å². The van der Waals surface area contributed by atoms with Crippen molar-refractivity contribution in [3.8, 4) is 0 Å². The van der Waals surface area contributed by atoms with E-state index in [1.54, 1.807) is 18.4 Å². The molecular formula is C13H19NO3S. The summed E-state index contributed by atoms with van der Waals surface area (Å²) in [6.07, 6.45) is 3.31. The van der Waals surface area contributed by atoms with Gasteiger partial charge in [-0.05, 0) is 36.3 Å². The third kappa shape index (κ3) is 3.54. The topological polar surface area (TPSA) is 47.6 Å². The summed E-state index contributed by atoms with van der Waals surface area (Å²) in [5, 5.41) is 5.14. The Morgan fingerprint density at radius 2 is 2.44 bits per heavy atom. The second kappa shape index (κ2) is 6.87. The number of nitrogens with one attached hydrogen (secondary N) is 1. The quantitative estimate of drug-likeness (QED) is 0.802. The molecule has 1 aromatic rings. The summed E-state index contributed by atoms with van der Waals surface area (Å²) in [4.78, 5) is 13.1. The van der Waals surface area contributed by atoms with Crippen LogP contribution in [0.3, 0.4) is 0 Å². The lowest BCUT2D eigenvalue weighted by molar-refractivity contribution is -0.127. The Kier molecular flexibility index (Phi) is 5.16. The molecule has 1 heterocycles. The fourth-order valence-electron chi connectivity index (χ4n) is 2.18. The number of ether oxygens (including phenoxy) is 2. The van der Waals surface area contributed by atoms with Gasteiger partial charge in [-0.15, -0.1) is 11.3 Å². The van der Waals surface area contributed by atoms with Crippen LogP contribution < -0.4 is 5.32 Å². The maximum Gasteiger partial charge on any atom is 0.246 e. The Morgan fingerprint density at radius 1 is 1.56 bits per heavy atom. The molecule has 1 N–H and O–H groups in total. The van der Waals surface area contributed by atoms with E-state index in [2.05, 4.69) is 16.8 Å². The van der Waals surface area contributed by atoms with Gasteiger partial charge >= 0.3 is 0 Å². The van der Waals surface area contributed by atoms with Crippen molar-refractivity contribution in [2.75, 3.05) is 26.9 Å². The van der Waals surface area contributed by atoms with Gasteiger partial charge in [-0.3, -0.25) is 4.79 Å². The van der Waals surface area contributed by atoms with E-state index in [-0.39, 0.29) is 18.6 Å². The molecule has 0 saturated carbocycles. The van der Waals surface area contributed by atoms with Crippen LogP contribution in [-0.4, -0.2) is 32.8 Å². The lowest BCUT2D eigenvalue weighted by atomic mass is 9.94. The molecule has 5 heteroatoms. The van der Waals surface area contributed by atoms with Crippen LogP contribution in [-0.2, 0) is 20.7 Å². The van der Waals surface area contributed by atoms with Gasteiger partial charge in [-0.2, -0.15) is 0 Å². The van der Waals surface area contributed by atoms with Gasteiger partial charge in [0.1, 0.15) is 6.61 Å². The fourth-order valence-corrected chi connectivity index (χ4v) is 3.17. The summed E-state index contributed by atoms with van der Waals surface area (Å²) >= 11 is 1.78. The lowest BCUT2D eigenvalue weighted by Crippen LogP contribution is -2.33. The lowest BCUT2D eigenvalue weighted by Gasteiger charge is -2.23. The third-order valence-corrected chi connectivity index (χ3v) is 4.05.